The van der Waals surface area contributed by atoms with Crippen LogP contribution in [0.25, 0.3) is 0 Å². The van der Waals surface area contributed by atoms with Crippen LogP contribution in [-0.2, 0) is 16.1 Å². The molecular weight excluding hydrogens is 320 g/mol. The van der Waals surface area contributed by atoms with Gasteiger partial charge in [-0.15, -0.1) is 11.6 Å². The maximum absolute atomic E-state index is 11.6. The van der Waals surface area contributed by atoms with Crippen molar-refractivity contribution in [1.29, 1.82) is 0 Å². The Kier molecular flexibility index (Phi) is 6.15. The van der Waals surface area contributed by atoms with Gasteiger partial charge in [0.25, 0.3) is 0 Å². The van der Waals surface area contributed by atoms with Gasteiger partial charge in [0.1, 0.15) is 5.88 Å². The van der Waals surface area contributed by atoms with Crippen molar-refractivity contribution < 1.29 is 9.59 Å². The second-order valence-corrected chi connectivity index (χ2v) is 4.97. The molecule has 0 aliphatic heterocycles. The molecule has 0 heterocycles. The third-order valence-corrected chi connectivity index (χ3v) is 3.02. The number of benzene rings is 1. The summed E-state index contributed by atoms with van der Waals surface area (Å²) < 4.78 is 0.962. The summed E-state index contributed by atoms with van der Waals surface area (Å²) in [6, 6.07) is 7.65. The lowest BCUT2D eigenvalue weighted by molar-refractivity contribution is -0.132. The Morgan fingerprint density at radius 3 is 2.78 bits per heavy atom. The summed E-state index contributed by atoms with van der Waals surface area (Å²) >= 11 is 8.75. The minimum absolute atomic E-state index is 0.0134. The SMILES string of the molecule is CN(CC(=O)NCc1cccc(Br)c1)C(=O)CCl. The van der Waals surface area contributed by atoms with E-state index in [1.165, 1.54) is 4.90 Å². The van der Waals surface area contributed by atoms with Gasteiger partial charge in [-0.1, -0.05) is 28.1 Å². The molecule has 0 aromatic heterocycles. The highest BCUT2D eigenvalue weighted by Gasteiger charge is 2.11. The predicted octanol–water partition coefficient (Wildman–Crippen LogP) is 1.76. The van der Waals surface area contributed by atoms with E-state index in [1.807, 2.05) is 24.3 Å². The molecule has 1 aromatic carbocycles. The van der Waals surface area contributed by atoms with Gasteiger partial charge in [-0.2, -0.15) is 0 Å². The molecule has 1 rings (SSSR count). The van der Waals surface area contributed by atoms with E-state index >= 15 is 0 Å². The number of carbonyl (C=O) groups excluding carboxylic acids is 2. The summed E-state index contributed by atoms with van der Waals surface area (Å²) in [6.45, 7) is 0.445. The highest BCUT2D eigenvalue weighted by atomic mass is 79.9. The summed E-state index contributed by atoms with van der Waals surface area (Å²) in [5, 5.41) is 2.74. The number of alkyl halides is 1. The summed E-state index contributed by atoms with van der Waals surface area (Å²) in [5.74, 6) is -0.597. The highest BCUT2D eigenvalue weighted by molar-refractivity contribution is 9.10. The standard InChI is InChI=1S/C12H14BrClN2O2/c1-16(12(18)6-14)8-11(17)15-7-9-3-2-4-10(13)5-9/h2-5H,6-8H2,1H3,(H,15,17). The molecule has 0 unspecified atom stereocenters. The number of halogens is 2. The third kappa shape index (κ3) is 5.06. The number of rotatable bonds is 5. The number of nitrogens with zero attached hydrogens (tertiary/aromatic N) is 1. The van der Waals surface area contributed by atoms with Gasteiger partial charge < -0.3 is 10.2 Å². The van der Waals surface area contributed by atoms with Crippen molar-refractivity contribution in [3.8, 4) is 0 Å². The molecule has 0 aliphatic carbocycles. The van der Waals surface area contributed by atoms with Gasteiger partial charge in [-0.3, -0.25) is 9.59 Å². The average molecular weight is 334 g/mol. The Hall–Kier alpha value is -1.07. The van der Waals surface area contributed by atoms with Crippen LogP contribution in [0.3, 0.4) is 0 Å². The normalized spacial score (nSPS) is 9.94. The Labute approximate surface area is 119 Å². The number of amides is 2. The molecule has 1 N–H and O–H groups in total. The quantitative estimate of drug-likeness (QED) is 0.835. The molecule has 0 radical (unpaired) electrons. The molecule has 0 bridgehead atoms. The third-order valence-electron chi connectivity index (χ3n) is 2.30. The second kappa shape index (κ2) is 7.38. The molecule has 98 valence electrons. The lowest BCUT2D eigenvalue weighted by atomic mass is 10.2. The second-order valence-electron chi connectivity index (χ2n) is 3.79. The Bertz CT molecular complexity index is 440. The molecule has 0 saturated heterocycles. The summed E-state index contributed by atoms with van der Waals surface area (Å²) in [4.78, 5) is 24.0. The molecule has 0 fully saturated rings. The minimum atomic E-state index is -0.269. The Morgan fingerprint density at radius 2 is 2.17 bits per heavy atom. The molecule has 0 spiro atoms. The van der Waals surface area contributed by atoms with Crippen LogP contribution in [0.2, 0.25) is 0 Å². The van der Waals surface area contributed by atoms with Gasteiger partial charge in [0, 0.05) is 18.1 Å². The molecule has 0 aliphatic rings. The first kappa shape index (κ1) is 15.0. The number of hydrogen-bond donors (Lipinski definition) is 1. The number of carbonyl (C=O) groups is 2. The summed E-state index contributed by atoms with van der Waals surface area (Å²) in [6.07, 6.45) is 0. The van der Waals surface area contributed by atoms with Gasteiger partial charge in [0.05, 0.1) is 6.54 Å². The van der Waals surface area contributed by atoms with Crippen molar-refractivity contribution in [2.24, 2.45) is 0 Å². The van der Waals surface area contributed by atoms with Crippen molar-refractivity contribution in [1.82, 2.24) is 10.2 Å². The molecule has 0 saturated carbocycles. The van der Waals surface area contributed by atoms with Gasteiger partial charge in [-0.05, 0) is 17.7 Å². The largest absolute Gasteiger partial charge is 0.350 e. The van der Waals surface area contributed by atoms with E-state index in [-0.39, 0.29) is 24.2 Å². The zero-order valence-electron chi connectivity index (χ0n) is 9.95. The first-order chi connectivity index (χ1) is 8.52. The summed E-state index contributed by atoms with van der Waals surface area (Å²) in [5.41, 5.74) is 0.990. The first-order valence-electron chi connectivity index (χ1n) is 5.34. The van der Waals surface area contributed by atoms with Crippen molar-refractivity contribution in [2.75, 3.05) is 19.5 Å². The van der Waals surface area contributed by atoms with E-state index in [4.69, 9.17) is 11.6 Å². The predicted molar refractivity (Wildman–Crippen MR) is 74.3 cm³/mol. The van der Waals surface area contributed by atoms with Crippen LogP contribution in [0.15, 0.2) is 28.7 Å². The van der Waals surface area contributed by atoms with Crippen molar-refractivity contribution >= 4 is 39.3 Å². The first-order valence-corrected chi connectivity index (χ1v) is 6.66. The van der Waals surface area contributed by atoms with Crippen LogP contribution in [0.1, 0.15) is 5.56 Å². The van der Waals surface area contributed by atoms with E-state index in [0.717, 1.165) is 10.0 Å². The molecule has 18 heavy (non-hydrogen) atoms. The number of nitrogens with one attached hydrogen (secondary N) is 1. The fourth-order valence-electron chi connectivity index (χ4n) is 1.31. The van der Waals surface area contributed by atoms with E-state index in [9.17, 15) is 9.59 Å². The van der Waals surface area contributed by atoms with Crippen LogP contribution >= 0.6 is 27.5 Å². The lowest BCUT2D eigenvalue weighted by Gasteiger charge is -2.15. The molecule has 4 nitrogen and oxygen atoms in total. The minimum Gasteiger partial charge on any atom is -0.350 e. The molecule has 2 amide bonds. The van der Waals surface area contributed by atoms with Gasteiger partial charge in [-0.25, -0.2) is 0 Å². The number of hydrogen-bond acceptors (Lipinski definition) is 2. The van der Waals surface area contributed by atoms with Crippen LogP contribution in [-0.4, -0.2) is 36.2 Å². The van der Waals surface area contributed by atoms with E-state index in [1.54, 1.807) is 7.05 Å². The molecule has 6 heteroatoms. The lowest BCUT2D eigenvalue weighted by Crippen LogP contribution is -2.38. The fourth-order valence-corrected chi connectivity index (χ4v) is 1.96. The van der Waals surface area contributed by atoms with Gasteiger partial charge >= 0.3 is 0 Å². The van der Waals surface area contributed by atoms with Crippen LogP contribution in [0.4, 0.5) is 0 Å². The summed E-state index contributed by atoms with van der Waals surface area (Å²) in [7, 11) is 1.55. The van der Waals surface area contributed by atoms with Crippen LogP contribution in [0.5, 0.6) is 0 Å². The van der Waals surface area contributed by atoms with Crippen molar-refractivity contribution in [2.45, 2.75) is 6.54 Å². The Balaban J connectivity index is 2.40. The van der Waals surface area contributed by atoms with Crippen LogP contribution in [0, 0.1) is 0 Å². The highest BCUT2D eigenvalue weighted by Crippen LogP contribution is 2.11. The van der Waals surface area contributed by atoms with Gasteiger partial charge in [0.2, 0.25) is 11.8 Å². The Morgan fingerprint density at radius 1 is 1.44 bits per heavy atom. The van der Waals surface area contributed by atoms with Gasteiger partial charge in [0.15, 0.2) is 0 Å². The average Bonchev–Trinajstić information content (AvgIpc) is 2.35. The maximum atomic E-state index is 11.6. The topological polar surface area (TPSA) is 49.4 Å². The zero-order chi connectivity index (χ0) is 13.5. The molecule has 0 atom stereocenters. The number of likely N-dealkylation sites (N-methyl/N-ethyl adjacent to an activating group) is 1. The molecular formula is C12H14BrClN2O2. The smallest absolute Gasteiger partial charge is 0.239 e. The molecule has 1 aromatic rings. The van der Waals surface area contributed by atoms with E-state index < -0.39 is 0 Å². The zero-order valence-corrected chi connectivity index (χ0v) is 12.3. The van der Waals surface area contributed by atoms with Crippen molar-refractivity contribution in [3.05, 3.63) is 34.3 Å². The van der Waals surface area contributed by atoms with E-state index in [0.29, 0.717) is 6.54 Å². The fraction of sp³-hybridized carbons (Fsp3) is 0.333. The monoisotopic (exact) mass is 332 g/mol. The van der Waals surface area contributed by atoms with Crippen LogP contribution < -0.4 is 5.32 Å². The van der Waals surface area contributed by atoms with Crippen molar-refractivity contribution in [3.63, 3.8) is 0 Å². The maximum Gasteiger partial charge on any atom is 0.239 e. The van der Waals surface area contributed by atoms with E-state index in [2.05, 4.69) is 21.2 Å².